The average molecular weight is 316 g/mol. The van der Waals surface area contributed by atoms with Crippen molar-refractivity contribution in [3.05, 3.63) is 28.8 Å². The van der Waals surface area contributed by atoms with Gasteiger partial charge in [0, 0.05) is 6.42 Å². The van der Waals surface area contributed by atoms with E-state index in [9.17, 15) is 14.7 Å². The predicted molar refractivity (Wildman–Crippen MR) is 77.6 cm³/mol. The molecule has 0 saturated carbocycles. The molecule has 1 aromatic carbocycles. The maximum atomic E-state index is 11.7. The van der Waals surface area contributed by atoms with Crippen molar-refractivity contribution in [1.29, 1.82) is 0 Å². The third-order valence-corrected chi connectivity index (χ3v) is 3.22. The number of halogens is 1. The lowest BCUT2D eigenvalue weighted by atomic mass is 10.1. The number of methoxy groups -OCH3 is 1. The summed E-state index contributed by atoms with van der Waals surface area (Å²) < 4.78 is 5.03. The van der Waals surface area contributed by atoms with Crippen LogP contribution in [0.5, 0.6) is 5.75 Å². The molecule has 3 N–H and O–H groups in total. The normalized spacial score (nSPS) is 13.3. The molecular formula is C14H18ClNO5. The van der Waals surface area contributed by atoms with Crippen molar-refractivity contribution in [3.8, 4) is 5.75 Å². The summed E-state index contributed by atoms with van der Waals surface area (Å²) in [5.41, 5.74) is 0.833. The van der Waals surface area contributed by atoms with Gasteiger partial charge in [-0.15, -0.1) is 0 Å². The molecule has 0 aromatic heterocycles. The lowest BCUT2D eigenvalue weighted by Crippen LogP contribution is -2.47. The molecule has 2 atom stereocenters. The molecule has 0 aliphatic heterocycles. The standard InChI is InChI=1S/C14H18ClNO5/c1-8(17)13(14(19)20)16-12(18)6-4-9-3-5-11(21-2)10(15)7-9/h3,5,7-8,13,17H,4,6H2,1-2H3,(H,16,18)(H,19,20)/t8-,13+/m1/s1. The van der Waals surface area contributed by atoms with E-state index in [4.69, 9.17) is 21.4 Å². The number of carboxylic acid groups (broad SMARTS) is 1. The van der Waals surface area contributed by atoms with Gasteiger partial charge in [0.25, 0.3) is 0 Å². The number of aryl methyl sites for hydroxylation is 1. The zero-order valence-corrected chi connectivity index (χ0v) is 12.6. The van der Waals surface area contributed by atoms with Crippen molar-refractivity contribution in [2.75, 3.05) is 7.11 Å². The Hall–Kier alpha value is -1.79. The summed E-state index contributed by atoms with van der Waals surface area (Å²) >= 11 is 5.98. The number of nitrogens with one attached hydrogen (secondary N) is 1. The van der Waals surface area contributed by atoms with E-state index in [1.54, 1.807) is 18.2 Å². The van der Waals surface area contributed by atoms with E-state index in [0.29, 0.717) is 17.2 Å². The second-order valence-corrected chi connectivity index (χ2v) is 5.00. The van der Waals surface area contributed by atoms with Gasteiger partial charge in [0.1, 0.15) is 5.75 Å². The zero-order chi connectivity index (χ0) is 16.0. The molecule has 0 saturated heterocycles. The van der Waals surface area contributed by atoms with Gasteiger partial charge in [-0.2, -0.15) is 0 Å². The number of aliphatic hydroxyl groups excluding tert-OH is 1. The third-order valence-electron chi connectivity index (χ3n) is 2.92. The monoisotopic (exact) mass is 315 g/mol. The molecule has 116 valence electrons. The molecule has 0 fully saturated rings. The van der Waals surface area contributed by atoms with Crippen LogP contribution in [-0.2, 0) is 16.0 Å². The second-order valence-electron chi connectivity index (χ2n) is 4.59. The summed E-state index contributed by atoms with van der Waals surface area (Å²) in [6.45, 7) is 1.31. The molecule has 1 aromatic rings. The molecule has 6 nitrogen and oxygen atoms in total. The van der Waals surface area contributed by atoms with Gasteiger partial charge in [-0.3, -0.25) is 4.79 Å². The van der Waals surface area contributed by atoms with Crippen molar-refractivity contribution in [1.82, 2.24) is 5.32 Å². The Bertz CT molecular complexity index is 518. The number of carbonyl (C=O) groups excluding carboxylic acids is 1. The van der Waals surface area contributed by atoms with Gasteiger partial charge >= 0.3 is 5.97 Å². The largest absolute Gasteiger partial charge is 0.495 e. The number of benzene rings is 1. The zero-order valence-electron chi connectivity index (χ0n) is 11.8. The van der Waals surface area contributed by atoms with Gasteiger partial charge < -0.3 is 20.3 Å². The predicted octanol–water partition coefficient (Wildman–Crippen LogP) is 1.23. The first-order valence-electron chi connectivity index (χ1n) is 6.37. The molecule has 0 aliphatic carbocycles. The van der Waals surface area contributed by atoms with Crippen LogP contribution in [0.1, 0.15) is 18.9 Å². The van der Waals surface area contributed by atoms with Gasteiger partial charge in [-0.05, 0) is 31.0 Å². The first kappa shape index (κ1) is 17.3. The molecule has 0 spiro atoms. The molecule has 7 heteroatoms. The van der Waals surface area contributed by atoms with Crippen LogP contribution < -0.4 is 10.1 Å². The lowest BCUT2D eigenvalue weighted by Gasteiger charge is -2.17. The van der Waals surface area contributed by atoms with E-state index in [2.05, 4.69) is 5.32 Å². The maximum Gasteiger partial charge on any atom is 0.328 e. The summed E-state index contributed by atoms with van der Waals surface area (Å²) in [4.78, 5) is 22.6. The Kier molecular flexibility index (Phi) is 6.45. The number of hydrogen-bond acceptors (Lipinski definition) is 4. The van der Waals surface area contributed by atoms with E-state index in [0.717, 1.165) is 5.56 Å². The molecule has 0 aliphatic rings. The van der Waals surface area contributed by atoms with Gasteiger partial charge in [0.05, 0.1) is 18.2 Å². The Labute approximate surface area is 127 Å². The number of carboxylic acids is 1. The average Bonchev–Trinajstić information content (AvgIpc) is 2.42. The van der Waals surface area contributed by atoms with Crippen LogP contribution in [-0.4, -0.2) is 41.3 Å². The Balaban J connectivity index is 2.56. The summed E-state index contributed by atoms with van der Waals surface area (Å²) in [7, 11) is 1.51. The van der Waals surface area contributed by atoms with Crippen molar-refractivity contribution < 1.29 is 24.5 Å². The SMILES string of the molecule is COc1ccc(CCC(=O)N[C@H](C(=O)O)[C@@H](C)O)cc1Cl. The van der Waals surface area contributed by atoms with Crippen LogP contribution in [0.4, 0.5) is 0 Å². The molecule has 0 heterocycles. The topological polar surface area (TPSA) is 95.9 Å². The van der Waals surface area contributed by atoms with E-state index < -0.39 is 24.0 Å². The van der Waals surface area contributed by atoms with Crippen molar-refractivity contribution in [3.63, 3.8) is 0 Å². The summed E-state index contributed by atoms with van der Waals surface area (Å²) in [5, 5.41) is 20.9. The van der Waals surface area contributed by atoms with Crippen LogP contribution >= 0.6 is 11.6 Å². The quantitative estimate of drug-likeness (QED) is 0.703. The third kappa shape index (κ3) is 5.24. The molecule has 0 bridgehead atoms. The highest BCUT2D eigenvalue weighted by atomic mass is 35.5. The number of hydrogen-bond donors (Lipinski definition) is 3. The number of aliphatic hydroxyl groups is 1. The fourth-order valence-corrected chi connectivity index (χ4v) is 2.04. The highest BCUT2D eigenvalue weighted by molar-refractivity contribution is 6.32. The minimum atomic E-state index is -1.31. The number of rotatable bonds is 7. The number of carbonyl (C=O) groups is 2. The van der Waals surface area contributed by atoms with Gasteiger partial charge in [-0.1, -0.05) is 17.7 Å². The van der Waals surface area contributed by atoms with Crippen LogP contribution in [0.2, 0.25) is 5.02 Å². The minimum absolute atomic E-state index is 0.0964. The molecule has 0 unspecified atom stereocenters. The van der Waals surface area contributed by atoms with E-state index in [1.165, 1.54) is 14.0 Å². The number of aliphatic carboxylic acids is 1. The smallest absolute Gasteiger partial charge is 0.328 e. The Morgan fingerprint density at radius 1 is 1.43 bits per heavy atom. The van der Waals surface area contributed by atoms with Gasteiger partial charge in [-0.25, -0.2) is 4.79 Å². The molecule has 21 heavy (non-hydrogen) atoms. The first-order valence-corrected chi connectivity index (χ1v) is 6.75. The number of amides is 1. The summed E-state index contributed by atoms with van der Waals surface area (Å²) in [5.74, 6) is -1.18. The van der Waals surface area contributed by atoms with Crippen molar-refractivity contribution in [2.45, 2.75) is 31.9 Å². The molecule has 1 rings (SSSR count). The number of ether oxygens (including phenoxy) is 1. The Morgan fingerprint density at radius 3 is 2.57 bits per heavy atom. The van der Waals surface area contributed by atoms with E-state index in [-0.39, 0.29) is 6.42 Å². The van der Waals surface area contributed by atoms with Crippen molar-refractivity contribution >= 4 is 23.5 Å². The Morgan fingerprint density at radius 2 is 2.10 bits per heavy atom. The second kappa shape index (κ2) is 7.85. The fraction of sp³-hybridized carbons (Fsp3) is 0.429. The van der Waals surface area contributed by atoms with Crippen molar-refractivity contribution in [2.24, 2.45) is 0 Å². The summed E-state index contributed by atoms with van der Waals surface area (Å²) in [6.07, 6.45) is -0.664. The van der Waals surface area contributed by atoms with Crippen LogP contribution in [0.3, 0.4) is 0 Å². The summed E-state index contributed by atoms with van der Waals surface area (Å²) in [6, 6.07) is 3.86. The first-order chi connectivity index (χ1) is 9.85. The van der Waals surface area contributed by atoms with Crippen LogP contribution in [0, 0.1) is 0 Å². The molecular weight excluding hydrogens is 298 g/mol. The minimum Gasteiger partial charge on any atom is -0.495 e. The molecule has 0 radical (unpaired) electrons. The van der Waals surface area contributed by atoms with Crippen LogP contribution in [0.15, 0.2) is 18.2 Å². The van der Waals surface area contributed by atoms with E-state index in [1.807, 2.05) is 0 Å². The van der Waals surface area contributed by atoms with Gasteiger partial charge in [0.2, 0.25) is 5.91 Å². The molecule has 1 amide bonds. The van der Waals surface area contributed by atoms with Crippen LogP contribution in [0.25, 0.3) is 0 Å². The fourth-order valence-electron chi connectivity index (χ4n) is 1.76. The highest BCUT2D eigenvalue weighted by Gasteiger charge is 2.24. The maximum absolute atomic E-state index is 11.7. The lowest BCUT2D eigenvalue weighted by molar-refractivity contribution is -0.144. The highest BCUT2D eigenvalue weighted by Crippen LogP contribution is 2.25. The van der Waals surface area contributed by atoms with Gasteiger partial charge in [0.15, 0.2) is 6.04 Å². The van der Waals surface area contributed by atoms with E-state index >= 15 is 0 Å².